The number of hydrogen-bond acceptors (Lipinski definition) is 4. The fourth-order valence-electron chi connectivity index (χ4n) is 2.96. The van der Waals surface area contributed by atoms with E-state index in [1.54, 1.807) is 4.52 Å². The monoisotopic (exact) mass is 314 g/mol. The summed E-state index contributed by atoms with van der Waals surface area (Å²) in [6.07, 6.45) is 5.29. The second-order valence-corrected chi connectivity index (χ2v) is 5.73. The Kier molecular flexibility index (Phi) is 2.82. The zero-order valence-electron chi connectivity index (χ0n) is 12.9. The lowest BCUT2D eigenvalue weighted by Gasteiger charge is -1.97. The van der Waals surface area contributed by atoms with Crippen molar-refractivity contribution in [1.29, 1.82) is 0 Å². The van der Waals surface area contributed by atoms with Gasteiger partial charge < -0.3 is 0 Å². The third-order valence-electron chi connectivity index (χ3n) is 4.13. The molecule has 0 aliphatic carbocycles. The molecule has 0 N–H and O–H groups in total. The predicted octanol–water partition coefficient (Wildman–Crippen LogP) is 2.71. The molecule has 0 atom stereocenters. The maximum atomic E-state index is 4.70. The van der Waals surface area contributed by atoms with Crippen LogP contribution in [0, 0.1) is 0 Å². The van der Waals surface area contributed by atoms with Gasteiger partial charge in [-0.3, -0.25) is 0 Å². The minimum atomic E-state index is 0.715. The summed E-state index contributed by atoms with van der Waals surface area (Å²) < 4.78 is 3.63. The van der Waals surface area contributed by atoms with Crippen LogP contribution in [-0.2, 0) is 12.8 Å². The fourth-order valence-corrected chi connectivity index (χ4v) is 2.96. The number of aromatic nitrogens is 6. The molecule has 0 aliphatic heterocycles. The molecule has 6 nitrogen and oxygen atoms in total. The average molecular weight is 314 g/mol. The van der Waals surface area contributed by atoms with Crippen molar-refractivity contribution in [2.75, 3.05) is 0 Å². The van der Waals surface area contributed by atoms with Gasteiger partial charge in [-0.2, -0.15) is 10.2 Å². The van der Waals surface area contributed by atoms with Crippen molar-refractivity contribution in [2.24, 2.45) is 0 Å². The van der Waals surface area contributed by atoms with Crippen molar-refractivity contribution >= 4 is 22.1 Å². The van der Waals surface area contributed by atoms with Crippen molar-refractivity contribution in [3.63, 3.8) is 0 Å². The van der Waals surface area contributed by atoms with Crippen LogP contribution in [0.1, 0.15) is 11.6 Å². The van der Waals surface area contributed by atoms with Gasteiger partial charge in [0, 0.05) is 30.6 Å². The van der Waals surface area contributed by atoms with E-state index in [9.17, 15) is 0 Å². The van der Waals surface area contributed by atoms with E-state index < -0.39 is 0 Å². The van der Waals surface area contributed by atoms with Crippen molar-refractivity contribution in [3.05, 3.63) is 72.6 Å². The Balaban J connectivity index is 1.47. The molecule has 5 aromatic rings. The summed E-state index contributed by atoms with van der Waals surface area (Å²) in [4.78, 5) is 9.22. The Morgan fingerprint density at radius 2 is 1.50 bits per heavy atom. The zero-order chi connectivity index (χ0) is 15.9. The lowest BCUT2D eigenvalue weighted by Crippen LogP contribution is -1.96. The molecule has 4 aromatic heterocycles. The van der Waals surface area contributed by atoms with E-state index in [-0.39, 0.29) is 0 Å². The molecule has 0 aliphatic rings. The van der Waals surface area contributed by atoms with Crippen LogP contribution in [0.3, 0.4) is 0 Å². The van der Waals surface area contributed by atoms with Crippen LogP contribution < -0.4 is 0 Å². The lowest BCUT2D eigenvalue weighted by molar-refractivity contribution is 0.789. The Hall–Kier alpha value is -3.28. The molecule has 0 saturated carbocycles. The van der Waals surface area contributed by atoms with Gasteiger partial charge in [0.25, 0.3) is 0 Å². The Bertz CT molecular complexity index is 1140. The largest absolute Gasteiger partial charge is 0.221 e. The zero-order valence-corrected chi connectivity index (χ0v) is 12.9. The van der Waals surface area contributed by atoms with E-state index in [0.29, 0.717) is 6.42 Å². The molecule has 0 saturated heterocycles. The maximum Gasteiger partial charge on any atom is 0.163 e. The second-order valence-electron chi connectivity index (χ2n) is 5.73. The smallest absolute Gasteiger partial charge is 0.163 e. The van der Waals surface area contributed by atoms with E-state index in [1.807, 2.05) is 47.2 Å². The summed E-state index contributed by atoms with van der Waals surface area (Å²) in [5.74, 6) is 1.62. The Morgan fingerprint density at radius 3 is 2.42 bits per heavy atom. The van der Waals surface area contributed by atoms with Crippen molar-refractivity contribution in [2.45, 2.75) is 12.8 Å². The fraction of sp³-hybridized carbons (Fsp3) is 0.111. The van der Waals surface area contributed by atoms with Crippen LogP contribution in [0.4, 0.5) is 0 Å². The quantitative estimate of drug-likeness (QED) is 0.514. The van der Waals surface area contributed by atoms with E-state index in [4.69, 9.17) is 4.98 Å². The first-order valence-corrected chi connectivity index (χ1v) is 7.90. The highest BCUT2D eigenvalue weighted by Gasteiger charge is 2.09. The van der Waals surface area contributed by atoms with Gasteiger partial charge in [0.05, 0.1) is 0 Å². The predicted molar refractivity (Wildman–Crippen MR) is 90.9 cm³/mol. The van der Waals surface area contributed by atoms with Crippen molar-refractivity contribution in [1.82, 2.24) is 29.2 Å². The molecule has 6 heteroatoms. The highest BCUT2D eigenvalue weighted by atomic mass is 15.3. The molecule has 5 rings (SSSR count). The minimum Gasteiger partial charge on any atom is -0.221 e. The van der Waals surface area contributed by atoms with E-state index in [0.717, 1.165) is 34.8 Å². The number of benzene rings is 1. The number of pyridine rings is 2. The third kappa shape index (κ3) is 2.11. The van der Waals surface area contributed by atoms with E-state index in [2.05, 4.69) is 33.4 Å². The molecule has 0 fully saturated rings. The topological polar surface area (TPSA) is 60.4 Å². The van der Waals surface area contributed by atoms with Gasteiger partial charge in [-0.05, 0) is 23.6 Å². The summed E-state index contributed by atoms with van der Waals surface area (Å²) in [6, 6.07) is 16.1. The van der Waals surface area contributed by atoms with E-state index in [1.165, 1.54) is 5.39 Å². The highest BCUT2D eigenvalue weighted by molar-refractivity contribution is 5.93. The molecule has 0 amide bonds. The second kappa shape index (κ2) is 5.13. The first-order valence-electron chi connectivity index (χ1n) is 7.90. The van der Waals surface area contributed by atoms with Gasteiger partial charge in [0.15, 0.2) is 22.9 Å². The summed E-state index contributed by atoms with van der Waals surface area (Å²) in [5.41, 5.74) is 1.76. The molecule has 4 heterocycles. The molecule has 0 radical (unpaired) electrons. The van der Waals surface area contributed by atoms with Gasteiger partial charge >= 0.3 is 0 Å². The lowest BCUT2D eigenvalue weighted by atomic mass is 10.2. The summed E-state index contributed by atoms with van der Waals surface area (Å²) in [5, 5.41) is 11.3. The molecular formula is C18H14N6. The van der Waals surface area contributed by atoms with E-state index >= 15 is 0 Å². The van der Waals surface area contributed by atoms with Crippen LogP contribution in [0.5, 0.6) is 0 Å². The Labute approximate surface area is 137 Å². The summed E-state index contributed by atoms with van der Waals surface area (Å²) in [7, 11) is 0. The number of rotatable bonds is 3. The van der Waals surface area contributed by atoms with Crippen LogP contribution in [-0.4, -0.2) is 29.2 Å². The standard InChI is InChI=1S/C18H14N6/c1-2-6-14-13(5-1)10-12-24-18(14)20-16(22-24)9-8-15-19-17-7-3-4-11-23(17)21-15/h1-7,10-12H,8-9H2. The number of aryl methyl sites for hydroxylation is 2. The normalized spacial score (nSPS) is 11.7. The number of fused-ring (bicyclic) bond motifs is 4. The maximum absolute atomic E-state index is 4.70. The number of nitrogens with zero attached hydrogens (tertiary/aromatic N) is 6. The van der Waals surface area contributed by atoms with Gasteiger partial charge in [0.1, 0.15) is 0 Å². The molecule has 0 spiro atoms. The molecule has 0 unspecified atom stereocenters. The van der Waals surface area contributed by atoms with Crippen LogP contribution >= 0.6 is 0 Å². The van der Waals surface area contributed by atoms with Gasteiger partial charge in [0.2, 0.25) is 0 Å². The molecule has 116 valence electrons. The third-order valence-corrected chi connectivity index (χ3v) is 4.13. The van der Waals surface area contributed by atoms with Gasteiger partial charge in [-0.25, -0.2) is 19.0 Å². The molecule has 0 bridgehead atoms. The highest BCUT2D eigenvalue weighted by Crippen LogP contribution is 2.18. The first-order chi connectivity index (χ1) is 11.9. The molecule has 1 aromatic carbocycles. The van der Waals surface area contributed by atoms with Gasteiger partial charge in [-0.1, -0.05) is 30.3 Å². The van der Waals surface area contributed by atoms with Crippen LogP contribution in [0.25, 0.3) is 22.1 Å². The molecule has 24 heavy (non-hydrogen) atoms. The minimum absolute atomic E-state index is 0.715. The Morgan fingerprint density at radius 1 is 0.708 bits per heavy atom. The SMILES string of the molecule is c1ccc2c(c1)ccn1nc(CCc3nc4ccccn4n3)nc21. The van der Waals surface area contributed by atoms with Gasteiger partial charge in [-0.15, -0.1) is 0 Å². The van der Waals surface area contributed by atoms with Crippen LogP contribution in [0.15, 0.2) is 60.9 Å². The summed E-state index contributed by atoms with van der Waals surface area (Å²) >= 11 is 0. The summed E-state index contributed by atoms with van der Waals surface area (Å²) in [6.45, 7) is 0. The average Bonchev–Trinajstić information content (AvgIpc) is 3.23. The molecular weight excluding hydrogens is 300 g/mol. The first kappa shape index (κ1) is 13.2. The number of hydrogen-bond donors (Lipinski definition) is 0. The van der Waals surface area contributed by atoms with Crippen molar-refractivity contribution in [3.8, 4) is 0 Å². The van der Waals surface area contributed by atoms with Crippen molar-refractivity contribution < 1.29 is 0 Å². The van der Waals surface area contributed by atoms with Crippen LogP contribution in [0.2, 0.25) is 0 Å².